The fraction of sp³-hybridized carbons (Fsp3) is 0.500. The van der Waals surface area contributed by atoms with E-state index in [0.29, 0.717) is 31.4 Å². The Morgan fingerprint density at radius 3 is 2.37 bits per heavy atom. The van der Waals surface area contributed by atoms with Crippen LogP contribution in [-0.2, 0) is 21.8 Å². The number of halogens is 3. The second-order valence-corrected chi connectivity index (χ2v) is 6.14. The SMILES string of the molecule is N[C@@H](CCCCNC(=O)OCc1ccc(C2(C(F)(F)F)NN2)cc1)C(=O)O. The van der Waals surface area contributed by atoms with Crippen LogP contribution in [0.1, 0.15) is 30.4 Å². The number of hydrogen-bond donors (Lipinski definition) is 5. The molecule has 0 spiro atoms. The van der Waals surface area contributed by atoms with Crippen molar-refractivity contribution in [2.45, 2.75) is 43.8 Å². The third-order valence-corrected chi connectivity index (χ3v) is 4.09. The number of amides is 1. The molecule has 0 radical (unpaired) electrons. The van der Waals surface area contributed by atoms with Gasteiger partial charge in [0.05, 0.1) is 0 Å². The molecule has 2 rings (SSSR count). The fourth-order valence-electron chi connectivity index (χ4n) is 2.37. The summed E-state index contributed by atoms with van der Waals surface area (Å²) in [4.78, 5) is 22.1. The average molecular weight is 390 g/mol. The van der Waals surface area contributed by atoms with Gasteiger partial charge >= 0.3 is 18.2 Å². The van der Waals surface area contributed by atoms with Crippen molar-refractivity contribution in [2.75, 3.05) is 6.54 Å². The van der Waals surface area contributed by atoms with Gasteiger partial charge in [0, 0.05) is 6.54 Å². The number of nitrogens with one attached hydrogen (secondary N) is 3. The summed E-state index contributed by atoms with van der Waals surface area (Å²) in [5, 5.41) is 11.1. The molecule has 11 heteroatoms. The highest BCUT2D eigenvalue weighted by molar-refractivity contribution is 5.72. The molecule has 1 aliphatic heterocycles. The molecule has 1 heterocycles. The van der Waals surface area contributed by atoms with Crippen LogP contribution in [0.4, 0.5) is 18.0 Å². The molecule has 1 amide bonds. The van der Waals surface area contributed by atoms with Crippen molar-refractivity contribution in [2.24, 2.45) is 5.73 Å². The molecule has 1 aromatic carbocycles. The van der Waals surface area contributed by atoms with E-state index in [0.717, 1.165) is 0 Å². The molecule has 8 nitrogen and oxygen atoms in total. The zero-order chi connectivity index (χ0) is 20.1. The number of ether oxygens (including phenoxy) is 1. The first-order chi connectivity index (χ1) is 12.7. The molecular formula is C16H21F3N4O4. The highest BCUT2D eigenvalue weighted by atomic mass is 19.4. The Labute approximate surface area is 153 Å². The Morgan fingerprint density at radius 1 is 1.22 bits per heavy atom. The minimum atomic E-state index is -4.47. The summed E-state index contributed by atoms with van der Waals surface area (Å²) in [6.07, 6.45) is -3.75. The van der Waals surface area contributed by atoms with Gasteiger partial charge in [-0.25, -0.2) is 15.6 Å². The zero-order valence-corrected chi connectivity index (χ0v) is 14.3. The lowest BCUT2D eigenvalue weighted by molar-refractivity contribution is -0.165. The largest absolute Gasteiger partial charge is 0.480 e. The average Bonchev–Trinajstić information content (AvgIpc) is 3.41. The summed E-state index contributed by atoms with van der Waals surface area (Å²) in [6, 6.07) is 4.60. The Bertz CT molecular complexity index is 663. The van der Waals surface area contributed by atoms with Crippen molar-refractivity contribution in [3.8, 4) is 0 Å². The minimum Gasteiger partial charge on any atom is -0.480 e. The molecule has 0 bridgehead atoms. The quantitative estimate of drug-likeness (QED) is 0.316. The van der Waals surface area contributed by atoms with Crippen LogP contribution in [0.5, 0.6) is 0 Å². The molecule has 0 saturated carbocycles. The predicted octanol–water partition coefficient (Wildman–Crippen LogP) is 1.32. The number of carboxylic acids is 1. The lowest BCUT2D eigenvalue weighted by Crippen LogP contribution is -2.34. The molecule has 1 aromatic rings. The van der Waals surface area contributed by atoms with Crippen LogP contribution < -0.4 is 21.9 Å². The van der Waals surface area contributed by atoms with Crippen molar-refractivity contribution in [3.63, 3.8) is 0 Å². The first-order valence-electron chi connectivity index (χ1n) is 8.25. The van der Waals surface area contributed by atoms with E-state index in [2.05, 4.69) is 16.2 Å². The van der Waals surface area contributed by atoms with Gasteiger partial charge in [-0.3, -0.25) is 4.79 Å². The fourth-order valence-corrected chi connectivity index (χ4v) is 2.37. The Hall–Kier alpha value is -2.37. The highest BCUT2D eigenvalue weighted by Crippen LogP contribution is 2.41. The summed E-state index contributed by atoms with van der Waals surface area (Å²) < 4.78 is 43.8. The van der Waals surface area contributed by atoms with Gasteiger partial charge in [-0.2, -0.15) is 13.2 Å². The normalized spacial score (nSPS) is 16.4. The molecule has 1 aliphatic rings. The van der Waals surface area contributed by atoms with E-state index in [9.17, 15) is 22.8 Å². The van der Waals surface area contributed by atoms with Crippen LogP contribution in [0.2, 0.25) is 0 Å². The van der Waals surface area contributed by atoms with Crippen LogP contribution in [0.15, 0.2) is 24.3 Å². The smallest absolute Gasteiger partial charge is 0.426 e. The summed E-state index contributed by atoms with van der Waals surface area (Å²) >= 11 is 0. The van der Waals surface area contributed by atoms with E-state index in [1.54, 1.807) is 0 Å². The van der Waals surface area contributed by atoms with Crippen molar-refractivity contribution in [1.82, 2.24) is 16.2 Å². The molecular weight excluding hydrogens is 369 g/mol. The van der Waals surface area contributed by atoms with Gasteiger partial charge < -0.3 is 20.9 Å². The minimum absolute atomic E-state index is 0.0165. The number of carboxylic acid groups (broad SMARTS) is 1. The van der Waals surface area contributed by atoms with Crippen LogP contribution in [0, 0.1) is 0 Å². The molecule has 1 saturated heterocycles. The zero-order valence-electron chi connectivity index (χ0n) is 14.3. The van der Waals surface area contributed by atoms with Gasteiger partial charge in [0.1, 0.15) is 12.6 Å². The summed E-state index contributed by atoms with van der Waals surface area (Å²) in [5.74, 6) is -1.07. The number of nitrogens with two attached hydrogens (primary N) is 1. The molecule has 6 N–H and O–H groups in total. The number of alkyl carbamates (subject to hydrolysis) is 1. The molecule has 0 aromatic heterocycles. The van der Waals surface area contributed by atoms with Crippen LogP contribution in [0.3, 0.4) is 0 Å². The maximum Gasteiger partial charge on any atom is 0.426 e. The first kappa shape index (κ1) is 20.9. The molecule has 150 valence electrons. The van der Waals surface area contributed by atoms with Gasteiger partial charge in [0.2, 0.25) is 5.66 Å². The van der Waals surface area contributed by atoms with Crippen molar-refractivity contribution in [3.05, 3.63) is 35.4 Å². The van der Waals surface area contributed by atoms with E-state index in [1.165, 1.54) is 24.3 Å². The Kier molecular flexibility index (Phi) is 6.63. The van der Waals surface area contributed by atoms with Crippen molar-refractivity contribution < 1.29 is 32.6 Å². The number of hydrazine groups is 1. The van der Waals surface area contributed by atoms with E-state index in [1.807, 2.05) is 0 Å². The van der Waals surface area contributed by atoms with Crippen LogP contribution in [-0.4, -0.2) is 35.9 Å². The number of carbonyl (C=O) groups is 2. The Balaban J connectivity index is 1.68. The summed E-state index contributed by atoms with van der Waals surface area (Å²) in [5.41, 5.74) is 7.92. The third kappa shape index (κ3) is 5.55. The Morgan fingerprint density at radius 2 is 1.85 bits per heavy atom. The maximum absolute atomic E-state index is 13.0. The van der Waals surface area contributed by atoms with Gasteiger partial charge in [-0.1, -0.05) is 24.3 Å². The molecule has 1 atom stereocenters. The monoisotopic (exact) mass is 390 g/mol. The number of rotatable bonds is 9. The van der Waals surface area contributed by atoms with Crippen molar-refractivity contribution in [1.29, 1.82) is 0 Å². The lowest BCUT2D eigenvalue weighted by Gasteiger charge is -2.16. The van der Waals surface area contributed by atoms with Crippen LogP contribution >= 0.6 is 0 Å². The van der Waals surface area contributed by atoms with Gasteiger partial charge in [-0.05, 0) is 30.4 Å². The van der Waals surface area contributed by atoms with E-state index in [-0.39, 0.29) is 12.2 Å². The highest BCUT2D eigenvalue weighted by Gasteiger charge is 2.65. The number of carbonyl (C=O) groups excluding carboxylic acids is 1. The molecule has 0 unspecified atom stereocenters. The number of hydrogen-bond acceptors (Lipinski definition) is 6. The number of aliphatic carboxylic acids is 1. The summed E-state index contributed by atoms with van der Waals surface area (Å²) in [7, 11) is 0. The molecule has 27 heavy (non-hydrogen) atoms. The van der Waals surface area contributed by atoms with Gasteiger partial charge in [-0.15, -0.1) is 0 Å². The van der Waals surface area contributed by atoms with Gasteiger partial charge in [0.15, 0.2) is 0 Å². The summed E-state index contributed by atoms with van der Waals surface area (Å²) in [6.45, 7) is 0.214. The molecule has 1 fully saturated rings. The predicted molar refractivity (Wildman–Crippen MR) is 88.1 cm³/mol. The van der Waals surface area contributed by atoms with Crippen LogP contribution in [0.25, 0.3) is 0 Å². The first-order valence-corrected chi connectivity index (χ1v) is 8.25. The standard InChI is InChI=1S/C16H21F3N4O4/c17-16(18,19)15(22-23-15)11-6-4-10(5-7-11)9-27-14(26)21-8-2-1-3-12(20)13(24)25/h4-7,12,22-23H,1-3,8-9,20H2,(H,21,26)(H,24,25)/t12-/m0/s1. The van der Waals surface area contributed by atoms with Gasteiger partial charge in [0.25, 0.3) is 0 Å². The third-order valence-electron chi connectivity index (χ3n) is 4.09. The van der Waals surface area contributed by atoms with E-state index < -0.39 is 29.9 Å². The second-order valence-electron chi connectivity index (χ2n) is 6.14. The number of unbranched alkanes of at least 4 members (excludes halogenated alkanes) is 1. The number of alkyl halides is 3. The molecule has 0 aliphatic carbocycles. The van der Waals surface area contributed by atoms with E-state index in [4.69, 9.17) is 15.6 Å². The van der Waals surface area contributed by atoms with Crippen molar-refractivity contribution >= 4 is 12.1 Å². The van der Waals surface area contributed by atoms with E-state index >= 15 is 0 Å². The maximum atomic E-state index is 13.0. The second kappa shape index (κ2) is 8.55. The number of benzene rings is 1. The topological polar surface area (TPSA) is 146 Å². The lowest BCUT2D eigenvalue weighted by atomic mass is 10.0.